The van der Waals surface area contributed by atoms with Crippen molar-refractivity contribution in [3.63, 3.8) is 0 Å². The quantitative estimate of drug-likeness (QED) is 0.864. The van der Waals surface area contributed by atoms with Crippen molar-refractivity contribution in [1.82, 2.24) is 9.78 Å². The Balaban J connectivity index is 2.17. The molecule has 3 nitrogen and oxygen atoms in total. The Morgan fingerprint density at radius 1 is 1.35 bits per heavy atom. The van der Waals surface area contributed by atoms with E-state index >= 15 is 0 Å². The molecule has 3 heteroatoms. The number of fused-ring (bicyclic) bond motifs is 1. The molecule has 2 N–H and O–H groups in total. The molecule has 1 aliphatic rings. The number of benzene rings is 1. The van der Waals surface area contributed by atoms with Crippen LogP contribution < -0.4 is 5.73 Å². The number of nitrogens with two attached hydrogens (primary N) is 1. The topological polar surface area (TPSA) is 43.8 Å². The van der Waals surface area contributed by atoms with Crippen molar-refractivity contribution in [2.45, 2.75) is 39.7 Å². The Labute approximate surface area is 120 Å². The normalized spacial score (nSPS) is 25.0. The van der Waals surface area contributed by atoms with E-state index in [4.69, 9.17) is 5.73 Å². The summed E-state index contributed by atoms with van der Waals surface area (Å²) in [7, 11) is 1.99. The third kappa shape index (κ3) is 1.73. The summed E-state index contributed by atoms with van der Waals surface area (Å²) < 4.78 is 1.95. The van der Waals surface area contributed by atoms with Gasteiger partial charge >= 0.3 is 0 Å². The minimum atomic E-state index is -0.227. The zero-order chi connectivity index (χ0) is 14.7. The predicted octanol–water partition coefficient (Wildman–Crippen LogP) is 3.07. The molecule has 1 aromatic heterocycles. The standard InChI is InChI=1S/C17H23N3/c1-10-8-13-6-7-14(9-15(13)17(10,4)18)16-11(2)19-20(5)12(16)3/h6-7,9-10H,8,18H2,1-5H3/t10?,17-/m1/s1. The average molecular weight is 269 g/mol. The Kier molecular flexibility index (Phi) is 2.80. The Hall–Kier alpha value is -1.61. The molecule has 0 fully saturated rings. The molecule has 0 amide bonds. The molecule has 20 heavy (non-hydrogen) atoms. The molecule has 0 aliphatic heterocycles. The lowest BCUT2D eigenvalue weighted by Gasteiger charge is -2.25. The number of aromatic nitrogens is 2. The van der Waals surface area contributed by atoms with Gasteiger partial charge in [-0.1, -0.05) is 19.1 Å². The fraction of sp³-hybridized carbons (Fsp3) is 0.471. The Morgan fingerprint density at radius 2 is 2.05 bits per heavy atom. The van der Waals surface area contributed by atoms with E-state index in [-0.39, 0.29) is 5.54 Å². The third-order valence-corrected chi connectivity index (χ3v) is 5.04. The van der Waals surface area contributed by atoms with Crippen LogP contribution in [0, 0.1) is 19.8 Å². The summed E-state index contributed by atoms with van der Waals surface area (Å²) in [5.41, 5.74) is 13.8. The van der Waals surface area contributed by atoms with Crippen LogP contribution in [0.2, 0.25) is 0 Å². The smallest absolute Gasteiger partial charge is 0.0674 e. The van der Waals surface area contributed by atoms with Gasteiger partial charge in [-0.2, -0.15) is 5.10 Å². The minimum absolute atomic E-state index is 0.227. The zero-order valence-electron chi connectivity index (χ0n) is 13.0. The molecule has 1 heterocycles. The minimum Gasteiger partial charge on any atom is -0.321 e. The molecule has 0 spiro atoms. The first-order valence-corrected chi connectivity index (χ1v) is 7.25. The van der Waals surface area contributed by atoms with Crippen LogP contribution in [-0.4, -0.2) is 9.78 Å². The summed E-state index contributed by atoms with van der Waals surface area (Å²) in [6.45, 7) is 8.57. The molecule has 1 aromatic carbocycles. The van der Waals surface area contributed by atoms with Gasteiger partial charge in [-0.25, -0.2) is 0 Å². The lowest BCUT2D eigenvalue weighted by molar-refractivity contribution is 0.358. The van der Waals surface area contributed by atoms with Crippen molar-refractivity contribution in [1.29, 1.82) is 0 Å². The number of hydrogen-bond donors (Lipinski definition) is 1. The highest BCUT2D eigenvalue weighted by Crippen LogP contribution is 2.41. The van der Waals surface area contributed by atoms with Crippen molar-refractivity contribution < 1.29 is 0 Å². The molecule has 2 atom stereocenters. The van der Waals surface area contributed by atoms with Crippen LogP contribution in [0.25, 0.3) is 11.1 Å². The molecular weight excluding hydrogens is 246 g/mol. The summed E-state index contributed by atoms with van der Waals surface area (Å²) in [5.74, 6) is 0.490. The van der Waals surface area contributed by atoms with Crippen molar-refractivity contribution in [2.75, 3.05) is 0 Å². The number of aryl methyl sites for hydroxylation is 2. The van der Waals surface area contributed by atoms with Crippen molar-refractivity contribution in [3.05, 3.63) is 40.7 Å². The molecule has 2 aromatic rings. The van der Waals surface area contributed by atoms with Crippen LogP contribution in [0.1, 0.15) is 36.4 Å². The average Bonchev–Trinajstić information content (AvgIpc) is 2.75. The highest BCUT2D eigenvalue weighted by molar-refractivity contribution is 5.70. The Bertz CT molecular complexity index is 680. The summed E-state index contributed by atoms with van der Waals surface area (Å²) >= 11 is 0. The van der Waals surface area contributed by atoms with Crippen molar-refractivity contribution in [3.8, 4) is 11.1 Å². The van der Waals surface area contributed by atoms with Gasteiger partial charge in [-0.15, -0.1) is 0 Å². The molecule has 0 saturated carbocycles. The molecule has 3 rings (SSSR count). The Morgan fingerprint density at radius 3 is 2.65 bits per heavy atom. The van der Waals surface area contributed by atoms with Crippen LogP contribution in [0.4, 0.5) is 0 Å². The van der Waals surface area contributed by atoms with Gasteiger partial charge in [-0.3, -0.25) is 4.68 Å². The van der Waals surface area contributed by atoms with Crippen molar-refractivity contribution in [2.24, 2.45) is 18.7 Å². The maximum Gasteiger partial charge on any atom is 0.0674 e. The summed E-state index contributed by atoms with van der Waals surface area (Å²) in [4.78, 5) is 0. The van der Waals surface area contributed by atoms with E-state index in [0.717, 1.165) is 12.1 Å². The van der Waals surface area contributed by atoms with E-state index in [2.05, 4.69) is 51.0 Å². The monoisotopic (exact) mass is 269 g/mol. The number of rotatable bonds is 1. The molecular formula is C17H23N3. The van der Waals surface area contributed by atoms with Crippen LogP contribution in [0.3, 0.4) is 0 Å². The maximum absolute atomic E-state index is 6.54. The largest absolute Gasteiger partial charge is 0.321 e. The second kappa shape index (κ2) is 4.19. The van der Waals surface area contributed by atoms with Gasteiger partial charge in [0.2, 0.25) is 0 Å². The van der Waals surface area contributed by atoms with E-state index in [0.29, 0.717) is 5.92 Å². The molecule has 1 aliphatic carbocycles. The zero-order valence-corrected chi connectivity index (χ0v) is 13.0. The SMILES string of the molecule is Cc1nn(C)c(C)c1-c1ccc2c(c1)[C@](C)(N)C(C)C2. The van der Waals surface area contributed by atoms with E-state index in [1.54, 1.807) is 0 Å². The van der Waals surface area contributed by atoms with Gasteiger partial charge in [0.1, 0.15) is 0 Å². The first-order chi connectivity index (χ1) is 9.32. The predicted molar refractivity (Wildman–Crippen MR) is 82.5 cm³/mol. The second-order valence-corrected chi connectivity index (χ2v) is 6.43. The maximum atomic E-state index is 6.54. The fourth-order valence-corrected chi connectivity index (χ4v) is 3.41. The summed E-state index contributed by atoms with van der Waals surface area (Å²) in [6, 6.07) is 6.73. The second-order valence-electron chi connectivity index (χ2n) is 6.43. The van der Waals surface area contributed by atoms with Gasteiger partial charge in [0.15, 0.2) is 0 Å². The molecule has 0 radical (unpaired) electrons. The molecule has 1 unspecified atom stereocenters. The molecule has 106 valence electrons. The highest BCUT2D eigenvalue weighted by Gasteiger charge is 2.37. The van der Waals surface area contributed by atoms with Crippen molar-refractivity contribution >= 4 is 0 Å². The molecule has 0 bridgehead atoms. The van der Waals surface area contributed by atoms with Gasteiger partial charge in [0, 0.05) is 23.8 Å². The summed E-state index contributed by atoms with van der Waals surface area (Å²) in [5, 5.41) is 4.52. The number of hydrogen-bond acceptors (Lipinski definition) is 2. The molecule has 0 saturated heterocycles. The van der Waals surface area contributed by atoms with Gasteiger partial charge < -0.3 is 5.73 Å². The van der Waals surface area contributed by atoms with Gasteiger partial charge in [0.05, 0.1) is 5.69 Å². The lowest BCUT2D eigenvalue weighted by Crippen LogP contribution is -2.36. The van der Waals surface area contributed by atoms with Crippen LogP contribution >= 0.6 is 0 Å². The number of nitrogens with zero attached hydrogens (tertiary/aromatic N) is 2. The highest BCUT2D eigenvalue weighted by atomic mass is 15.3. The van der Waals surface area contributed by atoms with Gasteiger partial charge in [0.25, 0.3) is 0 Å². The van der Waals surface area contributed by atoms with E-state index in [1.165, 1.54) is 27.9 Å². The van der Waals surface area contributed by atoms with Gasteiger partial charge in [-0.05, 0) is 55.9 Å². The first-order valence-electron chi connectivity index (χ1n) is 7.25. The van der Waals surface area contributed by atoms with Crippen LogP contribution in [-0.2, 0) is 19.0 Å². The lowest BCUT2D eigenvalue weighted by atomic mass is 9.87. The first kappa shape index (κ1) is 13.4. The van der Waals surface area contributed by atoms with Crippen LogP contribution in [0.15, 0.2) is 18.2 Å². The van der Waals surface area contributed by atoms with E-state index in [1.807, 2.05) is 11.7 Å². The van der Waals surface area contributed by atoms with E-state index in [9.17, 15) is 0 Å². The fourth-order valence-electron chi connectivity index (χ4n) is 3.41. The van der Waals surface area contributed by atoms with Crippen LogP contribution in [0.5, 0.6) is 0 Å². The van der Waals surface area contributed by atoms with E-state index < -0.39 is 0 Å². The summed E-state index contributed by atoms with van der Waals surface area (Å²) in [6.07, 6.45) is 1.08. The third-order valence-electron chi connectivity index (χ3n) is 5.04.